The fourth-order valence-corrected chi connectivity index (χ4v) is 3.11. The summed E-state index contributed by atoms with van der Waals surface area (Å²) in [6, 6.07) is 13.2. The fraction of sp³-hybridized carbons (Fsp3) is 0.300. The molecule has 1 aliphatic rings. The maximum Gasteiger partial charge on any atom is 0.438 e. The summed E-state index contributed by atoms with van der Waals surface area (Å²) in [7, 11) is 1.45. The van der Waals surface area contributed by atoms with Crippen molar-refractivity contribution < 1.29 is 27.8 Å². The molecule has 0 saturated carbocycles. The number of carbonyl (C=O) groups is 1. The Hall–Kier alpha value is -2.87. The first-order valence-electron chi connectivity index (χ1n) is 8.54. The summed E-state index contributed by atoms with van der Waals surface area (Å²) in [6.07, 6.45) is -6.25. The minimum atomic E-state index is -5.06. The number of ether oxygens (including phenoxy) is 1. The average molecular weight is 392 g/mol. The Morgan fingerprint density at radius 3 is 2.61 bits per heavy atom. The number of hydrogen-bond acceptors (Lipinski definition) is 4. The first kappa shape index (κ1) is 19.9. The third kappa shape index (κ3) is 3.60. The van der Waals surface area contributed by atoms with Crippen molar-refractivity contribution in [3.05, 3.63) is 65.2 Å². The molecule has 3 rings (SSSR count). The number of halogens is 3. The molecule has 1 heterocycles. The van der Waals surface area contributed by atoms with Gasteiger partial charge in [0, 0.05) is 5.56 Å². The zero-order valence-corrected chi connectivity index (χ0v) is 15.3. The number of methoxy groups -OCH3 is 1. The number of amides is 1. The summed E-state index contributed by atoms with van der Waals surface area (Å²) in [4.78, 5) is 12.7. The highest BCUT2D eigenvalue weighted by atomic mass is 19.4. The first-order valence-corrected chi connectivity index (χ1v) is 8.54. The molecule has 0 aliphatic carbocycles. The van der Waals surface area contributed by atoms with Gasteiger partial charge in [0.15, 0.2) is 0 Å². The van der Waals surface area contributed by atoms with Gasteiger partial charge in [0.05, 0.1) is 25.7 Å². The van der Waals surface area contributed by atoms with Crippen LogP contribution in [0.1, 0.15) is 23.1 Å². The molecular weight excluding hydrogens is 373 g/mol. The molecule has 1 N–H and O–H groups in total. The fourth-order valence-electron chi connectivity index (χ4n) is 3.11. The van der Waals surface area contributed by atoms with E-state index in [2.05, 4.69) is 5.10 Å². The van der Waals surface area contributed by atoms with Crippen LogP contribution in [0.2, 0.25) is 0 Å². The second-order valence-electron chi connectivity index (χ2n) is 6.59. The van der Waals surface area contributed by atoms with Crippen LogP contribution in [0.5, 0.6) is 5.75 Å². The third-order valence-corrected chi connectivity index (χ3v) is 4.62. The van der Waals surface area contributed by atoms with Crippen molar-refractivity contribution in [1.29, 1.82) is 0 Å². The van der Waals surface area contributed by atoms with Crippen molar-refractivity contribution >= 4 is 11.6 Å². The van der Waals surface area contributed by atoms with Crippen molar-refractivity contribution in [3.63, 3.8) is 0 Å². The Kier molecular flexibility index (Phi) is 5.16. The molecule has 28 heavy (non-hydrogen) atoms. The molecule has 0 radical (unpaired) electrons. The smallest absolute Gasteiger partial charge is 0.438 e. The number of rotatable bonds is 4. The standard InChI is InChI=1S/C20H19F3N2O3/c1-13-6-3-4-9-16(13)17-12-19(27,20(21,22)23)25(24-17)18(26)11-14-7-5-8-15(10-14)28-2/h3-10,27H,11-12H2,1-2H3. The van der Waals surface area contributed by atoms with Gasteiger partial charge in [-0.3, -0.25) is 4.79 Å². The van der Waals surface area contributed by atoms with E-state index in [1.54, 1.807) is 55.5 Å². The molecule has 148 valence electrons. The van der Waals surface area contributed by atoms with E-state index in [9.17, 15) is 23.1 Å². The zero-order chi connectivity index (χ0) is 20.5. The topological polar surface area (TPSA) is 62.1 Å². The SMILES string of the molecule is COc1cccc(CC(=O)N2N=C(c3ccccc3C)CC2(O)C(F)(F)F)c1. The van der Waals surface area contributed by atoms with Crippen LogP contribution in [0.4, 0.5) is 13.2 Å². The van der Waals surface area contributed by atoms with Crippen LogP contribution in [-0.2, 0) is 11.2 Å². The first-order chi connectivity index (χ1) is 13.2. The summed E-state index contributed by atoms with van der Waals surface area (Å²) in [5.41, 5.74) is -1.76. The van der Waals surface area contributed by atoms with Crippen molar-refractivity contribution in [2.24, 2.45) is 5.10 Å². The highest BCUT2D eigenvalue weighted by molar-refractivity contribution is 6.04. The molecule has 5 nitrogen and oxygen atoms in total. The van der Waals surface area contributed by atoms with Crippen molar-refractivity contribution in [2.45, 2.75) is 31.7 Å². The van der Waals surface area contributed by atoms with Gasteiger partial charge in [-0.1, -0.05) is 36.4 Å². The highest BCUT2D eigenvalue weighted by Crippen LogP contribution is 2.41. The van der Waals surface area contributed by atoms with Gasteiger partial charge in [0.25, 0.3) is 5.72 Å². The van der Waals surface area contributed by atoms with Crippen LogP contribution >= 0.6 is 0 Å². The van der Waals surface area contributed by atoms with E-state index in [1.165, 1.54) is 7.11 Å². The lowest BCUT2D eigenvalue weighted by Gasteiger charge is -2.32. The summed E-state index contributed by atoms with van der Waals surface area (Å²) >= 11 is 0. The normalized spacial score (nSPS) is 19.5. The van der Waals surface area contributed by atoms with E-state index in [1.807, 2.05) is 0 Å². The van der Waals surface area contributed by atoms with Crippen LogP contribution in [0, 0.1) is 6.92 Å². The molecule has 8 heteroatoms. The molecule has 0 spiro atoms. The lowest BCUT2D eigenvalue weighted by atomic mass is 9.97. The van der Waals surface area contributed by atoms with Gasteiger partial charge in [-0.25, -0.2) is 0 Å². The number of alkyl halides is 3. The molecule has 2 aromatic carbocycles. The maximum absolute atomic E-state index is 13.7. The van der Waals surface area contributed by atoms with Gasteiger partial charge in [-0.2, -0.15) is 23.3 Å². The van der Waals surface area contributed by atoms with Gasteiger partial charge in [0.1, 0.15) is 5.75 Å². The second kappa shape index (κ2) is 7.27. The molecule has 2 aromatic rings. The quantitative estimate of drug-likeness (QED) is 0.867. The molecule has 1 amide bonds. The summed E-state index contributed by atoms with van der Waals surface area (Å²) in [5.74, 6) is -0.487. The van der Waals surface area contributed by atoms with Crippen LogP contribution in [0.3, 0.4) is 0 Å². The van der Waals surface area contributed by atoms with Gasteiger partial charge in [-0.15, -0.1) is 0 Å². The Labute approximate surface area is 160 Å². The summed E-state index contributed by atoms with van der Waals surface area (Å²) in [6.45, 7) is 1.73. The number of benzene rings is 2. The van der Waals surface area contributed by atoms with Crippen LogP contribution in [-0.4, -0.2) is 40.7 Å². The summed E-state index contributed by atoms with van der Waals surface area (Å²) in [5, 5.41) is 14.4. The Morgan fingerprint density at radius 2 is 1.96 bits per heavy atom. The monoisotopic (exact) mass is 392 g/mol. The van der Waals surface area contributed by atoms with E-state index >= 15 is 0 Å². The van der Waals surface area contributed by atoms with Crippen LogP contribution < -0.4 is 4.74 Å². The van der Waals surface area contributed by atoms with Crippen molar-refractivity contribution in [2.75, 3.05) is 7.11 Å². The predicted molar refractivity (Wildman–Crippen MR) is 96.9 cm³/mol. The molecule has 0 fully saturated rings. The van der Waals surface area contributed by atoms with E-state index < -0.39 is 24.2 Å². The van der Waals surface area contributed by atoms with E-state index in [0.29, 0.717) is 22.4 Å². The van der Waals surface area contributed by atoms with Gasteiger partial charge < -0.3 is 9.84 Å². The molecular formula is C20H19F3N2O3. The number of hydrazone groups is 1. The Morgan fingerprint density at radius 1 is 1.25 bits per heavy atom. The van der Waals surface area contributed by atoms with Crippen LogP contribution in [0.25, 0.3) is 0 Å². The van der Waals surface area contributed by atoms with Gasteiger partial charge in [-0.05, 0) is 30.2 Å². The number of aliphatic hydroxyl groups is 1. The Bertz CT molecular complexity index is 927. The predicted octanol–water partition coefficient (Wildman–Crippen LogP) is 3.43. The number of nitrogens with zero attached hydrogens (tertiary/aromatic N) is 2. The van der Waals surface area contributed by atoms with Crippen molar-refractivity contribution in [1.82, 2.24) is 5.01 Å². The molecule has 0 saturated heterocycles. The molecule has 1 aliphatic heterocycles. The number of aryl methyl sites for hydroxylation is 1. The van der Waals surface area contributed by atoms with Gasteiger partial charge in [0.2, 0.25) is 5.91 Å². The minimum absolute atomic E-state index is 0.0110. The summed E-state index contributed by atoms with van der Waals surface area (Å²) < 4.78 is 46.1. The van der Waals surface area contributed by atoms with Crippen molar-refractivity contribution in [3.8, 4) is 5.75 Å². The van der Waals surface area contributed by atoms with E-state index in [4.69, 9.17) is 4.74 Å². The lowest BCUT2D eigenvalue weighted by molar-refractivity contribution is -0.302. The molecule has 0 bridgehead atoms. The van der Waals surface area contributed by atoms with Crippen LogP contribution in [0.15, 0.2) is 53.6 Å². The third-order valence-electron chi connectivity index (χ3n) is 4.62. The molecule has 0 aromatic heterocycles. The molecule has 1 atom stereocenters. The Balaban J connectivity index is 1.96. The molecule has 1 unspecified atom stereocenters. The van der Waals surface area contributed by atoms with Gasteiger partial charge >= 0.3 is 6.18 Å². The largest absolute Gasteiger partial charge is 0.497 e. The highest BCUT2D eigenvalue weighted by Gasteiger charge is 2.63. The maximum atomic E-state index is 13.7. The zero-order valence-electron chi connectivity index (χ0n) is 15.3. The lowest BCUT2D eigenvalue weighted by Crippen LogP contribution is -2.57. The number of carbonyl (C=O) groups excluding carboxylic acids is 1. The minimum Gasteiger partial charge on any atom is -0.497 e. The average Bonchev–Trinajstić information content (AvgIpc) is 3.01. The number of hydrogen-bond donors (Lipinski definition) is 1. The van der Waals surface area contributed by atoms with E-state index in [-0.39, 0.29) is 17.1 Å². The second-order valence-corrected chi connectivity index (χ2v) is 6.59. The van der Waals surface area contributed by atoms with E-state index in [0.717, 1.165) is 0 Å².